The highest BCUT2D eigenvalue weighted by Crippen LogP contribution is 2.36. The van der Waals surface area contributed by atoms with Crippen molar-refractivity contribution in [2.24, 2.45) is 0 Å². The van der Waals surface area contributed by atoms with Gasteiger partial charge in [-0.25, -0.2) is 19.0 Å². The number of para-hydroxylation sites is 1. The van der Waals surface area contributed by atoms with Crippen LogP contribution in [0.15, 0.2) is 67.3 Å². The van der Waals surface area contributed by atoms with E-state index in [0.29, 0.717) is 16.4 Å². The van der Waals surface area contributed by atoms with Crippen LogP contribution in [0.4, 0.5) is 10.2 Å². The third kappa shape index (κ3) is 3.38. The van der Waals surface area contributed by atoms with Gasteiger partial charge in [0.1, 0.15) is 35.0 Å². The predicted octanol–water partition coefficient (Wildman–Crippen LogP) is 5.12. The van der Waals surface area contributed by atoms with Gasteiger partial charge in [0.15, 0.2) is 0 Å². The van der Waals surface area contributed by atoms with Crippen LogP contribution in [0, 0.1) is 5.82 Å². The standard InChI is InChI=1S/C23H19ClFN7/c1-14(19-12-32(30-29-19)20-6-4-3-5-18(20)25)31-11-17(15-7-9-16(24)10-8-15)21-22(26-2)27-13-28-23(21)31/h3-14H,1-2H3,(H,26,27,28). The number of hydrogen-bond acceptors (Lipinski definition) is 5. The Morgan fingerprint density at radius 3 is 2.56 bits per heavy atom. The summed E-state index contributed by atoms with van der Waals surface area (Å²) in [6.07, 6.45) is 5.28. The van der Waals surface area contributed by atoms with Crippen molar-refractivity contribution in [3.8, 4) is 16.8 Å². The van der Waals surface area contributed by atoms with E-state index in [0.717, 1.165) is 28.0 Å². The molecule has 160 valence electrons. The van der Waals surface area contributed by atoms with Gasteiger partial charge in [-0.2, -0.15) is 0 Å². The Balaban J connectivity index is 1.63. The molecule has 0 aliphatic carbocycles. The van der Waals surface area contributed by atoms with Crippen molar-refractivity contribution in [3.05, 3.63) is 83.8 Å². The van der Waals surface area contributed by atoms with Gasteiger partial charge in [-0.15, -0.1) is 5.10 Å². The first-order valence-corrected chi connectivity index (χ1v) is 10.4. The van der Waals surface area contributed by atoms with Crippen LogP contribution in [-0.2, 0) is 0 Å². The van der Waals surface area contributed by atoms with Gasteiger partial charge in [-0.05, 0) is 36.8 Å². The molecule has 5 aromatic rings. The summed E-state index contributed by atoms with van der Waals surface area (Å²) in [5.74, 6) is 0.361. The molecule has 0 saturated heterocycles. The predicted molar refractivity (Wildman–Crippen MR) is 123 cm³/mol. The lowest BCUT2D eigenvalue weighted by molar-refractivity contribution is 0.607. The van der Waals surface area contributed by atoms with Crippen LogP contribution in [0.2, 0.25) is 5.02 Å². The zero-order chi connectivity index (χ0) is 22.2. The highest BCUT2D eigenvalue weighted by atomic mass is 35.5. The summed E-state index contributed by atoms with van der Waals surface area (Å²) in [5, 5.41) is 13.2. The molecular weight excluding hydrogens is 429 g/mol. The molecule has 3 heterocycles. The number of nitrogens with one attached hydrogen (secondary N) is 1. The second-order valence-electron chi connectivity index (χ2n) is 7.34. The molecule has 1 atom stereocenters. The average Bonchev–Trinajstić information content (AvgIpc) is 3.45. The van der Waals surface area contributed by atoms with E-state index in [-0.39, 0.29) is 11.9 Å². The summed E-state index contributed by atoms with van der Waals surface area (Å²) in [7, 11) is 1.83. The number of anilines is 1. The van der Waals surface area contributed by atoms with E-state index in [9.17, 15) is 4.39 Å². The number of fused-ring (bicyclic) bond motifs is 1. The van der Waals surface area contributed by atoms with Crippen molar-refractivity contribution in [1.82, 2.24) is 29.5 Å². The average molecular weight is 448 g/mol. The van der Waals surface area contributed by atoms with Crippen LogP contribution >= 0.6 is 11.6 Å². The van der Waals surface area contributed by atoms with Gasteiger partial charge >= 0.3 is 0 Å². The van der Waals surface area contributed by atoms with E-state index in [4.69, 9.17) is 11.6 Å². The number of rotatable bonds is 5. The Hall–Kier alpha value is -3.78. The number of hydrogen-bond donors (Lipinski definition) is 1. The first kappa shape index (κ1) is 20.1. The fraction of sp³-hybridized carbons (Fsp3) is 0.130. The molecule has 0 spiro atoms. The monoisotopic (exact) mass is 447 g/mol. The number of nitrogens with zero attached hydrogens (tertiary/aromatic N) is 6. The molecule has 0 aliphatic heterocycles. The molecule has 0 saturated carbocycles. The van der Waals surface area contributed by atoms with Gasteiger partial charge in [0.25, 0.3) is 0 Å². The van der Waals surface area contributed by atoms with Gasteiger partial charge in [-0.1, -0.05) is 41.1 Å². The largest absolute Gasteiger partial charge is 0.372 e. The van der Waals surface area contributed by atoms with Crippen molar-refractivity contribution < 1.29 is 4.39 Å². The van der Waals surface area contributed by atoms with Gasteiger partial charge in [-0.3, -0.25) is 0 Å². The molecule has 7 nitrogen and oxygen atoms in total. The molecule has 0 aliphatic rings. The third-order valence-corrected chi connectivity index (χ3v) is 5.71. The highest BCUT2D eigenvalue weighted by Gasteiger charge is 2.21. The summed E-state index contributed by atoms with van der Waals surface area (Å²) < 4.78 is 17.7. The summed E-state index contributed by atoms with van der Waals surface area (Å²) in [5.41, 5.74) is 3.73. The summed E-state index contributed by atoms with van der Waals surface area (Å²) in [6.45, 7) is 2.00. The number of benzene rings is 2. The van der Waals surface area contributed by atoms with Crippen LogP contribution in [-0.4, -0.2) is 36.6 Å². The molecule has 5 rings (SSSR count). The molecule has 0 radical (unpaired) electrons. The fourth-order valence-corrected chi connectivity index (χ4v) is 3.91. The minimum Gasteiger partial charge on any atom is -0.372 e. The lowest BCUT2D eigenvalue weighted by Gasteiger charge is -2.11. The van der Waals surface area contributed by atoms with E-state index >= 15 is 0 Å². The van der Waals surface area contributed by atoms with Crippen LogP contribution in [0.5, 0.6) is 0 Å². The first-order valence-electron chi connectivity index (χ1n) is 10.0. The van der Waals surface area contributed by atoms with Crippen LogP contribution < -0.4 is 5.32 Å². The molecular formula is C23H19ClFN7. The van der Waals surface area contributed by atoms with E-state index in [1.54, 1.807) is 24.4 Å². The quantitative estimate of drug-likeness (QED) is 0.404. The maximum atomic E-state index is 14.2. The van der Waals surface area contributed by atoms with E-state index in [2.05, 4.69) is 25.6 Å². The maximum Gasteiger partial charge on any atom is 0.148 e. The SMILES string of the molecule is CNc1ncnc2c1c(-c1ccc(Cl)cc1)cn2C(C)c1cn(-c2ccccc2F)nn1. The topological polar surface area (TPSA) is 73.5 Å². The second-order valence-corrected chi connectivity index (χ2v) is 7.78. The Labute approximate surface area is 188 Å². The summed E-state index contributed by atoms with van der Waals surface area (Å²) in [6, 6.07) is 13.9. The normalized spacial score (nSPS) is 12.2. The summed E-state index contributed by atoms with van der Waals surface area (Å²) in [4.78, 5) is 8.94. The molecule has 3 aromatic heterocycles. The molecule has 2 aromatic carbocycles. The molecule has 32 heavy (non-hydrogen) atoms. The first-order chi connectivity index (χ1) is 15.6. The third-order valence-electron chi connectivity index (χ3n) is 5.46. The van der Waals surface area contributed by atoms with Gasteiger partial charge in [0.2, 0.25) is 0 Å². The Bertz CT molecular complexity index is 1410. The zero-order valence-corrected chi connectivity index (χ0v) is 18.1. The Morgan fingerprint density at radius 2 is 1.81 bits per heavy atom. The van der Waals surface area contributed by atoms with E-state index in [1.165, 1.54) is 17.1 Å². The van der Waals surface area contributed by atoms with Crippen molar-refractivity contribution in [1.29, 1.82) is 0 Å². The smallest absolute Gasteiger partial charge is 0.148 e. The van der Waals surface area contributed by atoms with Gasteiger partial charge in [0, 0.05) is 23.8 Å². The van der Waals surface area contributed by atoms with E-state index < -0.39 is 0 Å². The Morgan fingerprint density at radius 1 is 1.03 bits per heavy atom. The number of aromatic nitrogens is 6. The molecule has 9 heteroatoms. The summed E-state index contributed by atoms with van der Waals surface area (Å²) >= 11 is 6.09. The van der Waals surface area contributed by atoms with Gasteiger partial charge in [0.05, 0.1) is 17.6 Å². The lowest BCUT2D eigenvalue weighted by atomic mass is 10.1. The fourth-order valence-electron chi connectivity index (χ4n) is 3.78. The van der Waals surface area contributed by atoms with Crippen molar-refractivity contribution in [2.45, 2.75) is 13.0 Å². The molecule has 0 fully saturated rings. The van der Waals surface area contributed by atoms with Crippen molar-refractivity contribution in [2.75, 3.05) is 12.4 Å². The molecule has 0 bridgehead atoms. The number of halogens is 2. The minimum absolute atomic E-state index is 0.210. The molecule has 1 N–H and O–H groups in total. The lowest BCUT2D eigenvalue weighted by Crippen LogP contribution is -2.07. The Kier molecular flexibility index (Phi) is 5.07. The molecule has 0 amide bonds. The van der Waals surface area contributed by atoms with Crippen LogP contribution in [0.3, 0.4) is 0 Å². The van der Waals surface area contributed by atoms with Crippen LogP contribution in [0.1, 0.15) is 18.7 Å². The van der Waals surface area contributed by atoms with Crippen LogP contribution in [0.25, 0.3) is 27.8 Å². The highest BCUT2D eigenvalue weighted by molar-refractivity contribution is 6.30. The van der Waals surface area contributed by atoms with E-state index in [1.807, 2.05) is 49.0 Å². The zero-order valence-electron chi connectivity index (χ0n) is 17.4. The molecule has 1 unspecified atom stereocenters. The minimum atomic E-state index is -0.362. The van der Waals surface area contributed by atoms with Gasteiger partial charge < -0.3 is 9.88 Å². The van der Waals surface area contributed by atoms with Crippen molar-refractivity contribution in [3.63, 3.8) is 0 Å². The van der Waals surface area contributed by atoms with Crippen molar-refractivity contribution >= 4 is 28.5 Å². The maximum absolute atomic E-state index is 14.2. The second kappa shape index (κ2) is 8.05.